The second-order valence-corrected chi connectivity index (χ2v) is 5.63. The molecule has 1 unspecified atom stereocenters. The van der Waals surface area contributed by atoms with Crippen molar-refractivity contribution in [2.24, 2.45) is 4.99 Å². The van der Waals surface area contributed by atoms with Crippen molar-refractivity contribution in [1.29, 1.82) is 0 Å². The smallest absolute Gasteiger partial charge is 0.345 e. The molecule has 0 radical (unpaired) electrons. The molecule has 0 saturated carbocycles. The van der Waals surface area contributed by atoms with Crippen molar-refractivity contribution in [3.63, 3.8) is 0 Å². The van der Waals surface area contributed by atoms with Crippen LogP contribution in [0.1, 0.15) is 33.8 Å². The molecule has 1 aromatic heterocycles. The van der Waals surface area contributed by atoms with Crippen LogP contribution in [0.4, 0.5) is 0 Å². The molecule has 0 aromatic carbocycles. The Morgan fingerprint density at radius 1 is 1.58 bits per heavy atom. The number of hydrogen-bond acceptors (Lipinski definition) is 4. The van der Waals surface area contributed by atoms with E-state index in [-0.39, 0.29) is 12.1 Å². The average molecular weight is 280 g/mol. The first-order valence-corrected chi connectivity index (χ1v) is 7.01. The van der Waals surface area contributed by atoms with Crippen LogP contribution >= 0.6 is 11.3 Å². The molecule has 19 heavy (non-hydrogen) atoms. The Balaban J connectivity index is 1.84. The summed E-state index contributed by atoms with van der Waals surface area (Å²) in [6.45, 7) is 4.16. The van der Waals surface area contributed by atoms with Gasteiger partial charge in [-0.05, 0) is 38.1 Å². The van der Waals surface area contributed by atoms with Crippen LogP contribution in [0.2, 0.25) is 0 Å². The maximum atomic E-state index is 11.6. The summed E-state index contributed by atoms with van der Waals surface area (Å²) >= 11 is 1.29. The monoisotopic (exact) mass is 280 g/mol. The molecule has 1 aliphatic rings. The van der Waals surface area contributed by atoms with Crippen LogP contribution in [0.15, 0.2) is 17.1 Å². The summed E-state index contributed by atoms with van der Waals surface area (Å²) in [5, 5.41) is 8.84. The van der Waals surface area contributed by atoms with Gasteiger partial charge in [0.1, 0.15) is 11.0 Å². The number of carbonyl (C=O) groups is 2. The number of carboxylic acid groups (broad SMARTS) is 1. The van der Waals surface area contributed by atoms with Gasteiger partial charge in [0.25, 0.3) is 0 Å². The van der Waals surface area contributed by atoms with E-state index >= 15 is 0 Å². The van der Waals surface area contributed by atoms with Gasteiger partial charge in [-0.2, -0.15) is 0 Å². The van der Waals surface area contributed by atoms with Gasteiger partial charge in [0.15, 0.2) is 0 Å². The van der Waals surface area contributed by atoms with E-state index in [1.165, 1.54) is 11.3 Å². The summed E-state index contributed by atoms with van der Waals surface area (Å²) in [6.07, 6.45) is 2.82. The largest absolute Gasteiger partial charge is 0.477 e. The van der Waals surface area contributed by atoms with Crippen molar-refractivity contribution in [3.8, 4) is 0 Å². The second kappa shape index (κ2) is 5.97. The fourth-order valence-corrected chi connectivity index (χ4v) is 3.12. The highest BCUT2D eigenvalue weighted by Gasteiger charge is 2.29. The van der Waals surface area contributed by atoms with E-state index in [2.05, 4.69) is 11.7 Å². The molecule has 1 amide bonds. The van der Waals surface area contributed by atoms with E-state index in [9.17, 15) is 9.59 Å². The molecule has 6 heteroatoms. The molecule has 0 aliphatic carbocycles. The van der Waals surface area contributed by atoms with Crippen LogP contribution in [-0.2, 0) is 11.2 Å². The lowest BCUT2D eigenvalue weighted by molar-refractivity contribution is -0.128. The molecule has 1 fully saturated rings. The Morgan fingerprint density at radius 3 is 3.00 bits per heavy atom. The lowest BCUT2D eigenvalue weighted by Crippen LogP contribution is -2.32. The normalized spacial score (nSPS) is 18.8. The van der Waals surface area contributed by atoms with Crippen LogP contribution in [0.25, 0.3) is 0 Å². The van der Waals surface area contributed by atoms with E-state index in [4.69, 9.17) is 5.11 Å². The van der Waals surface area contributed by atoms with E-state index in [1.54, 1.807) is 11.0 Å². The predicted octanol–water partition coefficient (Wildman–Crippen LogP) is 2.03. The summed E-state index contributed by atoms with van der Waals surface area (Å²) in [7, 11) is 0. The number of aliphatic imine (C=N–C) groups is 1. The van der Waals surface area contributed by atoms with Gasteiger partial charge in [-0.1, -0.05) is 0 Å². The number of carbonyl (C=O) groups excluding carboxylic acids is 1. The van der Waals surface area contributed by atoms with Gasteiger partial charge in [0.05, 0.1) is 0 Å². The maximum Gasteiger partial charge on any atom is 0.345 e. The topological polar surface area (TPSA) is 70.0 Å². The first-order chi connectivity index (χ1) is 9.11. The van der Waals surface area contributed by atoms with E-state index in [0.717, 1.165) is 24.1 Å². The molecule has 1 aromatic rings. The number of nitrogens with zero attached hydrogens (tertiary/aromatic N) is 2. The number of aryl methyl sites for hydroxylation is 1. The van der Waals surface area contributed by atoms with Crippen molar-refractivity contribution >= 4 is 29.9 Å². The standard InChI is InChI=1S/C13H16N2O3S/c1-14-11-6-7-12(16)15(11)8-2-3-9-4-5-10(19-9)13(17)18/h4-5,11H,1-3,6-8H2,(H,17,18). The molecular weight excluding hydrogens is 264 g/mol. The Labute approximate surface area is 115 Å². The van der Waals surface area contributed by atoms with Gasteiger partial charge >= 0.3 is 5.97 Å². The third-order valence-electron chi connectivity index (χ3n) is 3.20. The van der Waals surface area contributed by atoms with Crippen LogP contribution in [0.3, 0.4) is 0 Å². The summed E-state index contributed by atoms with van der Waals surface area (Å²) in [6, 6.07) is 3.46. The fraction of sp³-hybridized carbons (Fsp3) is 0.462. The van der Waals surface area contributed by atoms with Crippen molar-refractivity contribution in [2.75, 3.05) is 6.54 Å². The van der Waals surface area contributed by atoms with E-state index in [1.807, 2.05) is 6.07 Å². The average Bonchev–Trinajstić information content (AvgIpc) is 2.98. The van der Waals surface area contributed by atoms with Gasteiger partial charge in [-0.3, -0.25) is 9.79 Å². The van der Waals surface area contributed by atoms with E-state index < -0.39 is 5.97 Å². The molecule has 0 spiro atoms. The fourth-order valence-electron chi connectivity index (χ4n) is 2.23. The molecule has 1 saturated heterocycles. The van der Waals surface area contributed by atoms with Crippen LogP contribution in [-0.4, -0.2) is 41.3 Å². The van der Waals surface area contributed by atoms with Crippen LogP contribution < -0.4 is 0 Å². The van der Waals surface area contributed by atoms with Gasteiger partial charge in [0.2, 0.25) is 5.91 Å². The lowest BCUT2D eigenvalue weighted by atomic mass is 10.2. The first kappa shape index (κ1) is 13.7. The van der Waals surface area contributed by atoms with Crippen molar-refractivity contribution in [1.82, 2.24) is 4.90 Å². The third-order valence-corrected chi connectivity index (χ3v) is 4.33. The Kier molecular flexibility index (Phi) is 4.31. The van der Waals surface area contributed by atoms with Gasteiger partial charge in [-0.15, -0.1) is 11.3 Å². The summed E-state index contributed by atoms with van der Waals surface area (Å²) in [5.74, 6) is -0.753. The van der Waals surface area contributed by atoms with Crippen molar-refractivity contribution < 1.29 is 14.7 Å². The highest BCUT2D eigenvalue weighted by Crippen LogP contribution is 2.21. The van der Waals surface area contributed by atoms with Crippen LogP contribution in [0, 0.1) is 0 Å². The zero-order valence-electron chi connectivity index (χ0n) is 10.5. The number of likely N-dealkylation sites (tertiary alicyclic amines) is 1. The highest BCUT2D eigenvalue weighted by molar-refractivity contribution is 7.13. The molecule has 1 N–H and O–H groups in total. The number of rotatable bonds is 6. The molecule has 2 heterocycles. The number of aromatic carboxylic acids is 1. The first-order valence-electron chi connectivity index (χ1n) is 6.19. The number of carboxylic acids is 1. The van der Waals surface area contributed by atoms with Crippen molar-refractivity contribution in [3.05, 3.63) is 21.9 Å². The predicted molar refractivity (Wildman–Crippen MR) is 73.9 cm³/mol. The minimum Gasteiger partial charge on any atom is -0.477 e. The van der Waals surface area contributed by atoms with Crippen LogP contribution in [0.5, 0.6) is 0 Å². The summed E-state index contributed by atoms with van der Waals surface area (Å²) in [5.41, 5.74) is 0. The minimum atomic E-state index is -0.887. The Morgan fingerprint density at radius 2 is 2.37 bits per heavy atom. The number of amides is 1. The zero-order chi connectivity index (χ0) is 13.8. The molecular formula is C13H16N2O3S. The Hall–Kier alpha value is -1.69. The van der Waals surface area contributed by atoms with Crippen molar-refractivity contribution in [2.45, 2.75) is 31.8 Å². The molecule has 1 aliphatic heterocycles. The highest BCUT2D eigenvalue weighted by atomic mass is 32.1. The quantitative estimate of drug-likeness (QED) is 0.810. The van der Waals surface area contributed by atoms with E-state index in [0.29, 0.717) is 17.8 Å². The summed E-state index contributed by atoms with van der Waals surface area (Å²) < 4.78 is 0. The lowest BCUT2D eigenvalue weighted by Gasteiger charge is -2.20. The molecule has 5 nitrogen and oxygen atoms in total. The summed E-state index contributed by atoms with van der Waals surface area (Å²) in [4.78, 5) is 29.5. The number of hydrogen-bond donors (Lipinski definition) is 1. The molecule has 0 bridgehead atoms. The number of thiophene rings is 1. The minimum absolute atomic E-state index is 0.0783. The Bertz CT molecular complexity index is 498. The molecule has 102 valence electrons. The van der Waals surface area contributed by atoms with Gasteiger partial charge in [-0.25, -0.2) is 4.79 Å². The zero-order valence-corrected chi connectivity index (χ0v) is 11.4. The molecule has 1 atom stereocenters. The third kappa shape index (κ3) is 3.20. The van der Waals surface area contributed by atoms with Gasteiger partial charge < -0.3 is 10.0 Å². The van der Waals surface area contributed by atoms with Gasteiger partial charge in [0, 0.05) is 17.8 Å². The second-order valence-electron chi connectivity index (χ2n) is 4.46. The molecule has 2 rings (SSSR count). The SMILES string of the molecule is C=NC1CCC(=O)N1CCCc1ccc(C(=O)O)s1. The maximum absolute atomic E-state index is 11.6.